The van der Waals surface area contributed by atoms with Gasteiger partial charge >= 0.3 is 0 Å². The van der Waals surface area contributed by atoms with Crippen molar-refractivity contribution < 1.29 is 4.74 Å². The average Bonchev–Trinajstić information content (AvgIpc) is 3.38. The van der Waals surface area contributed by atoms with Crippen LogP contribution in [-0.4, -0.2) is 40.5 Å². The number of nitrogens with one attached hydrogen (secondary N) is 2. The Hall–Kier alpha value is -2.34. The fourth-order valence-electron chi connectivity index (χ4n) is 3.80. The van der Waals surface area contributed by atoms with Crippen LogP contribution in [0.25, 0.3) is 0 Å². The molecule has 2 aromatic rings. The fraction of sp³-hybridized carbons (Fsp3) is 0.500. The zero-order valence-corrected chi connectivity index (χ0v) is 15.3. The van der Waals surface area contributed by atoms with Gasteiger partial charge in [0.05, 0.1) is 37.5 Å². The van der Waals surface area contributed by atoms with Crippen molar-refractivity contribution in [3.8, 4) is 0 Å². The molecule has 0 amide bonds. The summed E-state index contributed by atoms with van der Waals surface area (Å²) >= 11 is 0. The van der Waals surface area contributed by atoms with E-state index in [-0.39, 0.29) is 0 Å². The second kappa shape index (κ2) is 7.91. The fourth-order valence-corrected chi connectivity index (χ4v) is 3.80. The summed E-state index contributed by atoms with van der Waals surface area (Å²) < 4.78 is 7.89. The summed E-state index contributed by atoms with van der Waals surface area (Å²) in [4.78, 5) is 4.74. The SMILES string of the molecule is CCNC(=NCc1cnn(Cc2ccccc2)c1)NC1CC2CCC1O2. The predicted molar refractivity (Wildman–Crippen MR) is 102 cm³/mol. The lowest BCUT2D eigenvalue weighted by Crippen LogP contribution is -2.47. The summed E-state index contributed by atoms with van der Waals surface area (Å²) in [6, 6.07) is 10.7. The van der Waals surface area contributed by atoms with Crippen molar-refractivity contribution in [1.82, 2.24) is 20.4 Å². The van der Waals surface area contributed by atoms with Gasteiger partial charge in [-0.2, -0.15) is 5.10 Å². The van der Waals surface area contributed by atoms with E-state index >= 15 is 0 Å². The summed E-state index contributed by atoms with van der Waals surface area (Å²) in [6.07, 6.45) is 8.21. The molecule has 6 heteroatoms. The van der Waals surface area contributed by atoms with Gasteiger partial charge in [-0.15, -0.1) is 0 Å². The second-order valence-electron chi connectivity index (χ2n) is 7.09. The minimum Gasteiger partial charge on any atom is -0.373 e. The van der Waals surface area contributed by atoms with Crippen LogP contribution in [0, 0.1) is 0 Å². The van der Waals surface area contributed by atoms with Gasteiger partial charge in [-0.25, -0.2) is 4.99 Å². The smallest absolute Gasteiger partial charge is 0.191 e. The zero-order valence-electron chi connectivity index (χ0n) is 15.3. The minimum atomic E-state index is 0.345. The highest BCUT2D eigenvalue weighted by molar-refractivity contribution is 5.80. The molecule has 2 N–H and O–H groups in total. The molecule has 0 aliphatic carbocycles. The van der Waals surface area contributed by atoms with Crippen LogP contribution in [0.1, 0.15) is 37.3 Å². The highest BCUT2D eigenvalue weighted by atomic mass is 16.5. The molecule has 3 unspecified atom stereocenters. The van der Waals surface area contributed by atoms with E-state index in [0.29, 0.717) is 24.8 Å². The highest BCUT2D eigenvalue weighted by Gasteiger charge is 2.41. The largest absolute Gasteiger partial charge is 0.373 e. The van der Waals surface area contributed by atoms with Crippen LogP contribution in [0.15, 0.2) is 47.7 Å². The Kier molecular flexibility index (Phi) is 5.20. The topological polar surface area (TPSA) is 63.5 Å². The Morgan fingerprint density at radius 3 is 2.88 bits per heavy atom. The third kappa shape index (κ3) is 4.07. The summed E-state index contributed by atoms with van der Waals surface area (Å²) in [5.41, 5.74) is 2.36. The number of benzene rings is 1. The lowest BCUT2D eigenvalue weighted by Gasteiger charge is -2.22. The van der Waals surface area contributed by atoms with E-state index in [9.17, 15) is 0 Å². The van der Waals surface area contributed by atoms with E-state index in [0.717, 1.165) is 37.5 Å². The highest BCUT2D eigenvalue weighted by Crippen LogP contribution is 2.34. The van der Waals surface area contributed by atoms with Gasteiger partial charge in [-0.3, -0.25) is 4.68 Å². The zero-order chi connectivity index (χ0) is 17.8. The van der Waals surface area contributed by atoms with Gasteiger partial charge in [0.1, 0.15) is 0 Å². The lowest BCUT2D eigenvalue weighted by atomic mass is 9.96. The van der Waals surface area contributed by atoms with Crippen molar-refractivity contribution >= 4 is 5.96 Å². The van der Waals surface area contributed by atoms with Crippen LogP contribution >= 0.6 is 0 Å². The molecule has 26 heavy (non-hydrogen) atoms. The number of guanidine groups is 1. The number of ether oxygens (including phenoxy) is 1. The molecular formula is C20H27N5O. The first-order chi connectivity index (χ1) is 12.8. The molecule has 138 valence electrons. The Morgan fingerprint density at radius 2 is 2.15 bits per heavy atom. The van der Waals surface area contributed by atoms with Crippen molar-refractivity contribution in [3.63, 3.8) is 0 Å². The van der Waals surface area contributed by atoms with Gasteiger partial charge in [0.15, 0.2) is 5.96 Å². The molecule has 2 aliphatic heterocycles. The average molecular weight is 353 g/mol. The van der Waals surface area contributed by atoms with Gasteiger partial charge in [-0.1, -0.05) is 30.3 Å². The quantitative estimate of drug-likeness (QED) is 0.618. The Labute approximate surface area is 154 Å². The number of hydrogen-bond acceptors (Lipinski definition) is 3. The molecule has 4 rings (SSSR count). The van der Waals surface area contributed by atoms with Crippen molar-refractivity contribution in [2.75, 3.05) is 6.54 Å². The van der Waals surface area contributed by atoms with Crippen molar-refractivity contribution in [2.45, 2.75) is 57.5 Å². The number of hydrogen-bond donors (Lipinski definition) is 2. The lowest BCUT2D eigenvalue weighted by molar-refractivity contribution is 0.0992. The number of aliphatic imine (C=N–C) groups is 1. The van der Waals surface area contributed by atoms with E-state index in [4.69, 9.17) is 9.73 Å². The molecule has 1 aromatic carbocycles. The van der Waals surface area contributed by atoms with E-state index in [1.165, 1.54) is 12.0 Å². The maximum absolute atomic E-state index is 5.93. The van der Waals surface area contributed by atoms with Crippen LogP contribution in [0.2, 0.25) is 0 Å². The summed E-state index contributed by atoms with van der Waals surface area (Å²) in [7, 11) is 0. The molecule has 2 bridgehead atoms. The van der Waals surface area contributed by atoms with Gasteiger partial charge in [0, 0.05) is 18.3 Å². The van der Waals surface area contributed by atoms with Gasteiger partial charge in [0.25, 0.3) is 0 Å². The van der Waals surface area contributed by atoms with Crippen LogP contribution in [0.5, 0.6) is 0 Å². The predicted octanol–water partition coefficient (Wildman–Crippen LogP) is 2.31. The maximum Gasteiger partial charge on any atom is 0.191 e. The molecule has 6 nitrogen and oxygen atoms in total. The van der Waals surface area contributed by atoms with E-state index in [1.54, 1.807) is 0 Å². The van der Waals surface area contributed by atoms with Crippen molar-refractivity contribution in [1.29, 1.82) is 0 Å². The van der Waals surface area contributed by atoms with E-state index < -0.39 is 0 Å². The summed E-state index contributed by atoms with van der Waals surface area (Å²) in [5, 5.41) is 11.4. The molecule has 2 aliphatic rings. The Balaban J connectivity index is 1.35. The molecule has 0 saturated carbocycles. The molecule has 0 radical (unpaired) electrons. The van der Waals surface area contributed by atoms with Crippen LogP contribution in [0.4, 0.5) is 0 Å². The number of aromatic nitrogens is 2. The Bertz CT molecular complexity index is 742. The van der Waals surface area contributed by atoms with Gasteiger partial charge in [-0.05, 0) is 31.7 Å². The maximum atomic E-state index is 5.93. The number of fused-ring (bicyclic) bond motifs is 2. The third-order valence-electron chi connectivity index (χ3n) is 5.07. The number of nitrogens with zero attached hydrogens (tertiary/aromatic N) is 3. The standard InChI is InChI=1S/C20H27N5O/c1-2-21-20(24-18-10-17-8-9-19(18)26-17)22-11-16-12-23-25(14-16)13-15-6-4-3-5-7-15/h3-7,12,14,17-19H,2,8-11,13H2,1H3,(H2,21,22,24). The molecule has 3 heterocycles. The Morgan fingerprint density at radius 1 is 1.27 bits per heavy atom. The first-order valence-corrected chi connectivity index (χ1v) is 9.55. The first-order valence-electron chi connectivity index (χ1n) is 9.55. The third-order valence-corrected chi connectivity index (χ3v) is 5.07. The molecular weight excluding hydrogens is 326 g/mol. The summed E-state index contributed by atoms with van der Waals surface area (Å²) in [6.45, 7) is 4.34. The monoisotopic (exact) mass is 353 g/mol. The molecule has 3 atom stereocenters. The minimum absolute atomic E-state index is 0.345. The van der Waals surface area contributed by atoms with E-state index in [2.05, 4.69) is 53.1 Å². The molecule has 0 spiro atoms. The van der Waals surface area contributed by atoms with Gasteiger partial charge < -0.3 is 15.4 Å². The van der Waals surface area contributed by atoms with Crippen LogP contribution < -0.4 is 10.6 Å². The molecule has 2 fully saturated rings. The van der Waals surface area contributed by atoms with Crippen molar-refractivity contribution in [2.24, 2.45) is 4.99 Å². The first kappa shape index (κ1) is 17.1. The van der Waals surface area contributed by atoms with Crippen LogP contribution in [-0.2, 0) is 17.8 Å². The van der Waals surface area contributed by atoms with Crippen molar-refractivity contribution in [3.05, 3.63) is 53.9 Å². The summed E-state index contributed by atoms with van der Waals surface area (Å²) in [5.74, 6) is 0.865. The molecule has 1 aromatic heterocycles. The van der Waals surface area contributed by atoms with E-state index in [1.807, 2.05) is 16.9 Å². The van der Waals surface area contributed by atoms with Gasteiger partial charge in [0.2, 0.25) is 0 Å². The van der Waals surface area contributed by atoms with Crippen LogP contribution in [0.3, 0.4) is 0 Å². The number of rotatable bonds is 6. The normalized spacial score (nSPS) is 24.8. The molecule has 2 saturated heterocycles. The second-order valence-corrected chi connectivity index (χ2v) is 7.09.